The highest BCUT2D eigenvalue weighted by atomic mass is 16.3. The first-order valence-electron chi connectivity index (χ1n) is 7.84. The van der Waals surface area contributed by atoms with Gasteiger partial charge in [0, 0.05) is 31.4 Å². The molecule has 0 saturated heterocycles. The molecule has 2 N–H and O–H groups in total. The van der Waals surface area contributed by atoms with Crippen LogP contribution in [0.4, 0.5) is 5.82 Å². The van der Waals surface area contributed by atoms with Crippen molar-refractivity contribution >= 4 is 5.82 Å². The van der Waals surface area contributed by atoms with Gasteiger partial charge in [0.2, 0.25) is 0 Å². The van der Waals surface area contributed by atoms with Gasteiger partial charge >= 0.3 is 0 Å². The molecule has 2 rings (SSSR count). The van der Waals surface area contributed by atoms with Crippen LogP contribution in [0.25, 0.3) is 0 Å². The van der Waals surface area contributed by atoms with Crippen LogP contribution in [0.3, 0.4) is 0 Å². The Balaban J connectivity index is 1.99. The molecule has 1 aliphatic rings. The molecular weight excluding hydrogens is 250 g/mol. The monoisotopic (exact) mass is 277 g/mol. The molecule has 1 aliphatic carbocycles. The zero-order valence-electron chi connectivity index (χ0n) is 12.7. The molecule has 4 nitrogen and oxygen atoms in total. The second-order valence-electron chi connectivity index (χ2n) is 5.57. The molecule has 0 aromatic carbocycles. The molecule has 0 aliphatic heterocycles. The van der Waals surface area contributed by atoms with Crippen LogP contribution in [0.1, 0.15) is 45.1 Å². The Morgan fingerprint density at radius 1 is 1.35 bits per heavy atom. The minimum absolute atomic E-state index is 0.170. The zero-order chi connectivity index (χ0) is 14.4. The third-order valence-corrected chi connectivity index (χ3v) is 4.00. The molecule has 20 heavy (non-hydrogen) atoms. The molecule has 112 valence electrons. The number of anilines is 1. The number of aromatic nitrogens is 1. The Hall–Kier alpha value is -1.13. The molecule has 1 saturated carbocycles. The summed E-state index contributed by atoms with van der Waals surface area (Å²) >= 11 is 0. The third-order valence-electron chi connectivity index (χ3n) is 4.00. The van der Waals surface area contributed by atoms with Crippen molar-refractivity contribution in [2.45, 2.75) is 58.2 Å². The van der Waals surface area contributed by atoms with Gasteiger partial charge in [-0.2, -0.15) is 0 Å². The normalized spacial score (nSPS) is 14.8. The Bertz CT molecular complexity index is 385. The lowest BCUT2D eigenvalue weighted by Gasteiger charge is -2.31. The van der Waals surface area contributed by atoms with E-state index in [0.717, 1.165) is 31.2 Å². The van der Waals surface area contributed by atoms with Crippen molar-refractivity contribution in [2.24, 2.45) is 0 Å². The van der Waals surface area contributed by atoms with Crippen molar-refractivity contribution in [3.63, 3.8) is 0 Å². The molecule has 0 spiro atoms. The van der Waals surface area contributed by atoms with Crippen molar-refractivity contribution in [1.82, 2.24) is 10.3 Å². The van der Waals surface area contributed by atoms with E-state index >= 15 is 0 Å². The van der Waals surface area contributed by atoms with E-state index in [1.807, 2.05) is 6.20 Å². The molecule has 0 amide bonds. The van der Waals surface area contributed by atoms with E-state index in [4.69, 9.17) is 0 Å². The highest BCUT2D eigenvalue weighted by molar-refractivity contribution is 5.40. The zero-order valence-corrected chi connectivity index (χ0v) is 12.7. The van der Waals surface area contributed by atoms with E-state index in [0.29, 0.717) is 12.6 Å². The molecule has 1 aromatic heterocycles. The van der Waals surface area contributed by atoms with Crippen molar-refractivity contribution < 1.29 is 5.11 Å². The minimum atomic E-state index is 0.170. The van der Waals surface area contributed by atoms with Crippen LogP contribution >= 0.6 is 0 Å². The van der Waals surface area contributed by atoms with Crippen LogP contribution < -0.4 is 10.2 Å². The number of hydrogen-bond acceptors (Lipinski definition) is 4. The van der Waals surface area contributed by atoms with Gasteiger partial charge in [0.15, 0.2) is 0 Å². The summed E-state index contributed by atoms with van der Waals surface area (Å²) in [6, 6.07) is 5.40. The quantitative estimate of drug-likeness (QED) is 0.727. The van der Waals surface area contributed by atoms with Crippen LogP contribution in [-0.4, -0.2) is 35.3 Å². The molecule has 0 bridgehead atoms. The fraction of sp³-hybridized carbons (Fsp3) is 0.688. The maximum absolute atomic E-state index is 9.27. The Morgan fingerprint density at radius 3 is 2.60 bits per heavy atom. The van der Waals surface area contributed by atoms with Gasteiger partial charge in [0.1, 0.15) is 5.82 Å². The van der Waals surface area contributed by atoms with Gasteiger partial charge in [0.05, 0.1) is 6.61 Å². The number of nitrogens with one attached hydrogen (secondary N) is 1. The minimum Gasteiger partial charge on any atom is -0.395 e. The molecule has 1 aromatic rings. The fourth-order valence-corrected chi connectivity index (χ4v) is 2.56. The van der Waals surface area contributed by atoms with Crippen LogP contribution in [-0.2, 0) is 6.54 Å². The van der Waals surface area contributed by atoms with E-state index in [1.165, 1.54) is 18.4 Å². The first kappa shape index (κ1) is 15.3. The van der Waals surface area contributed by atoms with Crippen LogP contribution in [0, 0.1) is 0 Å². The molecule has 1 heterocycles. The van der Waals surface area contributed by atoms with Gasteiger partial charge in [-0.3, -0.25) is 0 Å². The number of pyridine rings is 1. The summed E-state index contributed by atoms with van der Waals surface area (Å²) in [5.74, 6) is 0.975. The topological polar surface area (TPSA) is 48.4 Å². The smallest absolute Gasteiger partial charge is 0.128 e. The van der Waals surface area contributed by atoms with Crippen LogP contribution in [0.2, 0.25) is 0 Å². The van der Waals surface area contributed by atoms with E-state index in [-0.39, 0.29) is 6.61 Å². The number of nitrogens with zero attached hydrogens (tertiary/aromatic N) is 2. The molecule has 4 heteroatoms. The standard InChI is InChI=1S/C16H27N3O/c1-3-15(4-2)19(9-10-20)16-8-5-13(12-18-16)11-17-14-6-7-14/h5,8,12,14-15,17,20H,3-4,6-7,9-11H2,1-2H3. The molecule has 0 radical (unpaired) electrons. The largest absolute Gasteiger partial charge is 0.395 e. The third kappa shape index (κ3) is 4.18. The van der Waals surface area contributed by atoms with E-state index in [2.05, 4.69) is 41.2 Å². The van der Waals surface area contributed by atoms with Gasteiger partial charge < -0.3 is 15.3 Å². The first-order valence-corrected chi connectivity index (χ1v) is 7.84. The number of rotatable bonds is 9. The van der Waals surface area contributed by atoms with Crippen LogP contribution in [0.15, 0.2) is 18.3 Å². The van der Waals surface area contributed by atoms with Crippen molar-refractivity contribution in [3.8, 4) is 0 Å². The molecular formula is C16H27N3O. The van der Waals surface area contributed by atoms with Gasteiger partial charge in [-0.1, -0.05) is 19.9 Å². The fourth-order valence-electron chi connectivity index (χ4n) is 2.56. The predicted molar refractivity (Wildman–Crippen MR) is 82.9 cm³/mol. The highest BCUT2D eigenvalue weighted by Gasteiger charge is 2.20. The van der Waals surface area contributed by atoms with Crippen molar-refractivity contribution in [2.75, 3.05) is 18.1 Å². The summed E-state index contributed by atoms with van der Waals surface area (Å²) in [5, 5.41) is 12.8. The maximum atomic E-state index is 9.27. The van der Waals surface area contributed by atoms with E-state index in [1.54, 1.807) is 0 Å². The lowest BCUT2D eigenvalue weighted by molar-refractivity contribution is 0.295. The summed E-state index contributed by atoms with van der Waals surface area (Å²) in [7, 11) is 0. The Kier molecular flexibility index (Phi) is 5.80. The highest BCUT2D eigenvalue weighted by Crippen LogP contribution is 2.20. The average molecular weight is 277 g/mol. The summed E-state index contributed by atoms with van der Waals surface area (Å²) in [6.07, 6.45) is 6.72. The van der Waals surface area contributed by atoms with Gasteiger partial charge in [-0.05, 0) is 37.3 Å². The number of aliphatic hydroxyl groups excluding tert-OH is 1. The van der Waals surface area contributed by atoms with Gasteiger partial charge in [-0.15, -0.1) is 0 Å². The summed E-state index contributed by atoms with van der Waals surface area (Å²) in [4.78, 5) is 6.81. The summed E-state index contributed by atoms with van der Waals surface area (Å²) in [5.41, 5.74) is 1.23. The first-order chi connectivity index (χ1) is 9.78. The molecule has 1 fully saturated rings. The van der Waals surface area contributed by atoms with Crippen molar-refractivity contribution in [3.05, 3.63) is 23.9 Å². The molecule has 0 atom stereocenters. The number of aliphatic hydroxyl groups is 1. The second kappa shape index (κ2) is 7.60. The number of hydrogen-bond donors (Lipinski definition) is 2. The van der Waals surface area contributed by atoms with Gasteiger partial charge in [0.25, 0.3) is 0 Å². The maximum Gasteiger partial charge on any atom is 0.128 e. The predicted octanol–water partition coefficient (Wildman–Crippen LogP) is 2.32. The SMILES string of the molecule is CCC(CC)N(CCO)c1ccc(CNC2CC2)cn1. The van der Waals surface area contributed by atoms with Crippen LogP contribution in [0.5, 0.6) is 0 Å². The van der Waals surface area contributed by atoms with Gasteiger partial charge in [-0.25, -0.2) is 4.98 Å². The summed E-state index contributed by atoms with van der Waals surface area (Å²) < 4.78 is 0. The molecule has 0 unspecified atom stereocenters. The van der Waals surface area contributed by atoms with E-state index < -0.39 is 0 Å². The average Bonchev–Trinajstić information content (AvgIpc) is 3.30. The Labute approximate surface area is 122 Å². The lowest BCUT2D eigenvalue weighted by atomic mass is 10.1. The summed E-state index contributed by atoms with van der Waals surface area (Å²) in [6.45, 7) is 6.10. The van der Waals surface area contributed by atoms with E-state index in [9.17, 15) is 5.11 Å². The Morgan fingerprint density at radius 2 is 2.10 bits per heavy atom. The van der Waals surface area contributed by atoms with Crippen molar-refractivity contribution in [1.29, 1.82) is 0 Å². The second-order valence-corrected chi connectivity index (χ2v) is 5.57. The lowest BCUT2D eigenvalue weighted by Crippen LogP contribution is -2.37.